The minimum absolute atomic E-state index is 0.248. The lowest BCUT2D eigenvalue weighted by molar-refractivity contribution is 0.102. The average molecular weight is 365 g/mol. The van der Waals surface area contributed by atoms with Gasteiger partial charge in [0.2, 0.25) is 0 Å². The van der Waals surface area contributed by atoms with Crippen molar-refractivity contribution in [1.29, 1.82) is 0 Å². The van der Waals surface area contributed by atoms with Crippen molar-refractivity contribution in [3.63, 3.8) is 0 Å². The fourth-order valence-electron chi connectivity index (χ4n) is 2.89. The Bertz CT molecular complexity index is 953. The van der Waals surface area contributed by atoms with Gasteiger partial charge in [-0.05, 0) is 45.0 Å². The molecule has 2 aromatic carbocycles. The molecule has 0 aliphatic heterocycles. The number of methoxy groups -OCH3 is 2. The first kappa shape index (κ1) is 18.5. The molecule has 0 radical (unpaired) electrons. The van der Waals surface area contributed by atoms with Crippen molar-refractivity contribution in [2.24, 2.45) is 0 Å². The summed E-state index contributed by atoms with van der Waals surface area (Å²) in [5.74, 6) is 0.869. The minimum atomic E-state index is -0.248. The number of carbonyl (C=O) groups is 1. The van der Waals surface area contributed by atoms with Crippen LogP contribution in [0.2, 0.25) is 0 Å². The Morgan fingerprint density at radius 2 is 1.56 bits per heavy atom. The lowest BCUT2D eigenvalue weighted by Gasteiger charge is -2.10. The smallest absolute Gasteiger partial charge is 0.256 e. The molecule has 6 heteroatoms. The number of benzene rings is 2. The summed E-state index contributed by atoms with van der Waals surface area (Å²) in [6, 6.07) is 13.2. The number of hydrogen-bond donors (Lipinski definition) is 1. The molecule has 0 atom stereocenters. The topological polar surface area (TPSA) is 65.4 Å². The molecular weight excluding hydrogens is 342 g/mol. The van der Waals surface area contributed by atoms with Crippen LogP contribution in [0, 0.1) is 20.8 Å². The van der Waals surface area contributed by atoms with Crippen LogP contribution in [0.3, 0.4) is 0 Å². The molecule has 0 spiro atoms. The van der Waals surface area contributed by atoms with Crippen LogP contribution in [-0.2, 0) is 0 Å². The van der Waals surface area contributed by atoms with Gasteiger partial charge in [-0.3, -0.25) is 4.79 Å². The fraction of sp³-hybridized carbons (Fsp3) is 0.238. The zero-order valence-corrected chi connectivity index (χ0v) is 16.2. The zero-order valence-electron chi connectivity index (χ0n) is 16.2. The Morgan fingerprint density at radius 3 is 2.11 bits per heavy atom. The molecule has 0 unspecified atom stereocenters. The number of rotatable bonds is 5. The Hall–Kier alpha value is -3.28. The standard InChI is InChI=1S/C21H23N3O3/c1-13-6-8-17(9-7-13)24-15(3)20(14(2)23-24)22-21(25)16-10-18(26-4)12-19(11-16)27-5/h6-12H,1-5H3,(H,22,25). The van der Waals surface area contributed by atoms with Gasteiger partial charge in [0.1, 0.15) is 11.5 Å². The van der Waals surface area contributed by atoms with Crippen molar-refractivity contribution >= 4 is 11.6 Å². The summed E-state index contributed by atoms with van der Waals surface area (Å²) in [5.41, 5.74) is 4.89. The average Bonchev–Trinajstić information content (AvgIpc) is 2.96. The molecule has 0 fully saturated rings. The highest BCUT2D eigenvalue weighted by Gasteiger charge is 2.17. The van der Waals surface area contributed by atoms with Gasteiger partial charge in [-0.15, -0.1) is 0 Å². The highest BCUT2D eigenvalue weighted by atomic mass is 16.5. The highest BCUT2D eigenvalue weighted by molar-refractivity contribution is 6.05. The molecule has 0 saturated carbocycles. The number of aromatic nitrogens is 2. The molecule has 1 amide bonds. The third kappa shape index (κ3) is 3.79. The molecule has 1 N–H and O–H groups in total. The lowest BCUT2D eigenvalue weighted by Crippen LogP contribution is -2.13. The molecule has 3 rings (SSSR count). The molecule has 6 nitrogen and oxygen atoms in total. The Balaban J connectivity index is 1.92. The molecule has 0 aliphatic carbocycles. The zero-order chi connectivity index (χ0) is 19.6. The first-order valence-electron chi connectivity index (χ1n) is 8.60. The van der Waals surface area contributed by atoms with Gasteiger partial charge in [0.15, 0.2) is 0 Å². The molecule has 0 aliphatic rings. The molecule has 0 bridgehead atoms. The van der Waals surface area contributed by atoms with E-state index in [2.05, 4.69) is 10.4 Å². The fourth-order valence-corrected chi connectivity index (χ4v) is 2.89. The van der Waals surface area contributed by atoms with Crippen LogP contribution < -0.4 is 14.8 Å². The van der Waals surface area contributed by atoms with E-state index < -0.39 is 0 Å². The van der Waals surface area contributed by atoms with E-state index in [4.69, 9.17) is 9.47 Å². The number of nitrogens with zero attached hydrogens (tertiary/aromatic N) is 2. The van der Waals surface area contributed by atoms with E-state index in [1.807, 2.05) is 49.7 Å². The van der Waals surface area contributed by atoms with Crippen LogP contribution in [0.15, 0.2) is 42.5 Å². The second-order valence-electron chi connectivity index (χ2n) is 6.35. The van der Waals surface area contributed by atoms with Crippen LogP contribution in [0.5, 0.6) is 11.5 Å². The first-order chi connectivity index (χ1) is 12.9. The molecular formula is C21H23N3O3. The van der Waals surface area contributed by atoms with Crippen molar-refractivity contribution in [2.45, 2.75) is 20.8 Å². The number of nitrogens with one attached hydrogen (secondary N) is 1. The summed E-state index contributed by atoms with van der Waals surface area (Å²) in [6.07, 6.45) is 0. The lowest BCUT2D eigenvalue weighted by atomic mass is 10.1. The third-order valence-corrected chi connectivity index (χ3v) is 4.42. The van der Waals surface area contributed by atoms with Gasteiger partial charge in [0.05, 0.1) is 37.0 Å². The van der Waals surface area contributed by atoms with Gasteiger partial charge in [-0.25, -0.2) is 4.68 Å². The molecule has 1 heterocycles. The predicted octanol–water partition coefficient (Wildman–Crippen LogP) is 4.07. The van der Waals surface area contributed by atoms with Gasteiger partial charge in [0, 0.05) is 11.6 Å². The van der Waals surface area contributed by atoms with Gasteiger partial charge >= 0.3 is 0 Å². The van der Waals surface area contributed by atoms with Crippen molar-refractivity contribution < 1.29 is 14.3 Å². The quantitative estimate of drug-likeness (QED) is 0.740. The highest BCUT2D eigenvalue weighted by Crippen LogP contribution is 2.26. The third-order valence-electron chi connectivity index (χ3n) is 4.42. The van der Waals surface area contributed by atoms with E-state index in [9.17, 15) is 4.79 Å². The van der Waals surface area contributed by atoms with Gasteiger partial charge < -0.3 is 14.8 Å². The number of carbonyl (C=O) groups excluding carboxylic acids is 1. The van der Waals surface area contributed by atoms with Crippen molar-refractivity contribution in [3.05, 3.63) is 65.0 Å². The summed E-state index contributed by atoms with van der Waals surface area (Å²) < 4.78 is 12.3. The maximum absolute atomic E-state index is 12.8. The molecule has 0 saturated heterocycles. The van der Waals surface area contributed by atoms with E-state index in [1.165, 1.54) is 5.56 Å². The van der Waals surface area contributed by atoms with Gasteiger partial charge in [0.25, 0.3) is 5.91 Å². The van der Waals surface area contributed by atoms with Crippen LogP contribution in [-0.4, -0.2) is 29.9 Å². The summed E-state index contributed by atoms with van der Waals surface area (Å²) >= 11 is 0. The Labute approximate surface area is 158 Å². The van der Waals surface area contributed by atoms with Crippen LogP contribution in [0.4, 0.5) is 5.69 Å². The largest absolute Gasteiger partial charge is 0.497 e. The summed E-state index contributed by atoms with van der Waals surface area (Å²) in [5, 5.41) is 7.54. The minimum Gasteiger partial charge on any atom is -0.497 e. The Morgan fingerprint density at radius 1 is 0.963 bits per heavy atom. The number of anilines is 1. The summed E-state index contributed by atoms with van der Waals surface area (Å²) in [4.78, 5) is 12.8. The maximum atomic E-state index is 12.8. The van der Waals surface area contributed by atoms with Crippen LogP contribution >= 0.6 is 0 Å². The SMILES string of the molecule is COc1cc(OC)cc(C(=O)Nc2c(C)nn(-c3ccc(C)cc3)c2C)c1. The van der Waals surface area contributed by atoms with E-state index in [0.717, 1.165) is 17.1 Å². The normalized spacial score (nSPS) is 10.6. The van der Waals surface area contributed by atoms with Gasteiger partial charge in [-0.1, -0.05) is 17.7 Å². The number of aryl methyl sites for hydroxylation is 2. The van der Waals surface area contributed by atoms with Crippen LogP contribution in [0.1, 0.15) is 27.3 Å². The van der Waals surface area contributed by atoms with E-state index >= 15 is 0 Å². The molecule has 140 valence electrons. The van der Waals surface area contributed by atoms with Crippen LogP contribution in [0.25, 0.3) is 5.69 Å². The van der Waals surface area contributed by atoms with E-state index in [0.29, 0.717) is 22.7 Å². The maximum Gasteiger partial charge on any atom is 0.256 e. The summed E-state index contributed by atoms with van der Waals surface area (Å²) in [6.45, 7) is 5.85. The van der Waals surface area contributed by atoms with E-state index in [1.54, 1.807) is 32.4 Å². The van der Waals surface area contributed by atoms with Crippen molar-refractivity contribution in [3.8, 4) is 17.2 Å². The molecule has 3 aromatic rings. The number of ether oxygens (including phenoxy) is 2. The van der Waals surface area contributed by atoms with Crippen molar-refractivity contribution in [1.82, 2.24) is 9.78 Å². The van der Waals surface area contributed by atoms with Crippen molar-refractivity contribution in [2.75, 3.05) is 19.5 Å². The summed E-state index contributed by atoms with van der Waals surface area (Å²) in [7, 11) is 3.10. The second kappa shape index (κ2) is 7.53. The van der Waals surface area contributed by atoms with Gasteiger partial charge in [-0.2, -0.15) is 5.10 Å². The molecule has 1 aromatic heterocycles. The first-order valence-corrected chi connectivity index (χ1v) is 8.60. The molecule has 27 heavy (non-hydrogen) atoms. The van der Waals surface area contributed by atoms with E-state index in [-0.39, 0.29) is 5.91 Å². The predicted molar refractivity (Wildman–Crippen MR) is 105 cm³/mol. The number of amides is 1. The monoisotopic (exact) mass is 365 g/mol. The number of hydrogen-bond acceptors (Lipinski definition) is 4. The Kier molecular flexibility index (Phi) is 5.16. The second-order valence-corrected chi connectivity index (χ2v) is 6.35.